The summed E-state index contributed by atoms with van der Waals surface area (Å²) in [5.74, 6) is 3.45. The predicted octanol–water partition coefficient (Wildman–Crippen LogP) is 4.67. The topological polar surface area (TPSA) is 29.0 Å². The molecule has 2 N–H and O–H groups in total. The van der Waals surface area contributed by atoms with Gasteiger partial charge in [-0.2, -0.15) is 0 Å². The van der Waals surface area contributed by atoms with Crippen LogP contribution < -0.4 is 5.73 Å². The smallest absolute Gasteiger partial charge is 0.142 e. The van der Waals surface area contributed by atoms with Crippen LogP contribution in [0.15, 0.2) is 66.0 Å². The van der Waals surface area contributed by atoms with Gasteiger partial charge in [-0.1, -0.05) is 62.5 Å². The molecule has 0 spiro atoms. The van der Waals surface area contributed by atoms with Gasteiger partial charge in [-0.25, -0.2) is 4.58 Å². The van der Waals surface area contributed by atoms with Gasteiger partial charge in [0.25, 0.3) is 0 Å². The Bertz CT molecular complexity index is 742. The molecule has 3 aliphatic carbocycles. The number of rotatable bonds is 6. The molecular weight excluding hydrogens is 328 g/mol. The molecule has 0 aliphatic heterocycles. The summed E-state index contributed by atoms with van der Waals surface area (Å²) in [7, 11) is 2.17. The maximum absolute atomic E-state index is 6.01. The van der Waals surface area contributed by atoms with Crippen LogP contribution in [0.2, 0.25) is 0 Å². The van der Waals surface area contributed by atoms with E-state index in [1.54, 1.807) is 5.57 Å². The van der Waals surface area contributed by atoms with Gasteiger partial charge in [-0.05, 0) is 41.7 Å². The minimum absolute atomic E-state index is 0.0160. The Morgan fingerprint density at radius 1 is 1.33 bits per heavy atom. The molecule has 27 heavy (non-hydrogen) atoms. The molecule has 0 aromatic heterocycles. The van der Waals surface area contributed by atoms with Crippen molar-refractivity contribution in [2.24, 2.45) is 35.3 Å². The lowest BCUT2D eigenvalue weighted by molar-refractivity contribution is -0.495. The van der Waals surface area contributed by atoms with E-state index in [0.29, 0.717) is 17.8 Å². The molecule has 0 saturated heterocycles. The first kappa shape index (κ1) is 19.9. The zero-order chi connectivity index (χ0) is 19.4. The molecule has 1 fully saturated rings. The fraction of sp³-hybridized carbons (Fsp3) is 0.520. The molecule has 1 saturated carbocycles. The number of nitrogens with zero attached hydrogens (tertiary/aromatic N) is 1. The van der Waals surface area contributed by atoms with Crippen molar-refractivity contribution < 1.29 is 4.58 Å². The maximum Gasteiger partial charge on any atom is 0.142 e. The molecule has 3 aliphatic rings. The highest BCUT2D eigenvalue weighted by atomic mass is 14.9. The van der Waals surface area contributed by atoms with Crippen molar-refractivity contribution in [3.05, 3.63) is 66.0 Å². The molecule has 0 radical (unpaired) electrons. The number of hydrogen-bond donors (Lipinski definition) is 1. The second-order valence-corrected chi connectivity index (χ2v) is 8.61. The minimum Gasteiger partial charge on any atom is -0.323 e. The summed E-state index contributed by atoms with van der Waals surface area (Å²) in [6, 6.07) is 0.0160. The number of nitrogens with two attached hydrogens (primary N) is 1. The quantitative estimate of drug-likeness (QED) is 0.415. The Kier molecular flexibility index (Phi) is 6.52. The molecule has 0 aromatic rings. The standard InChI is InChI=1S/C25H35N2/c1-5-8-23(26)14-16-27(4)15-13-21-17-22-12-7-11-20-10-6-9-18(2)24(19(21)3)25(20)22/h6-12,16,18-19,21,23-25H,1,13-15,17,26H2,2-4H3/q+1. The predicted molar refractivity (Wildman–Crippen MR) is 116 cm³/mol. The van der Waals surface area contributed by atoms with Gasteiger partial charge in [0, 0.05) is 24.8 Å². The Morgan fingerprint density at radius 3 is 2.93 bits per heavy atom. The van der Waals surface area contributed by atoms with Crippen LogP contribution in [0.1, 0.15) is 33.1 Å². The van der Waals surface area contributed by atoms with Gasteiger partial charge < -0.3 is 5.73 Å². The molecule has 6 unspecified atom stereocenters. The summed E-state index contributed by atoms with van der Waals surface area (Å²) in [6.45, 7) is 9.58. The molecule has 0 heterocycles. The van der Waals surface area contributed by atoms with Crippen LogP contribution in [0.5, 0.6) is 0 Å². The van der Waals surface area contributed by atoms with Gasteiger partial charge in [-0.3, -0.25) is 0 Å². The Balaban J connectivity index is 1.69. The highest BCUT2D eigenvalue weighted by Gasteiger charge is 2.43. The maximum atomic E-state index is 6.01. The highest BCUT2D eigenvalue weighted by Crippen LogP contribution is 2.51. The fourth-order valence-electron chi connectivity index (χ4n) is 5.23. The third kappa shape index (κ3) is 4.51. The molecule has 144 valence electrons. The normalized spacial score (nSPS) is 33.3. The first-order chi connectivity index (χ1) is 13.0. The van der Waals surface area contributed by atoms with Crippen LogP contribution in [-0.2, 0) is 0 Å². The third-order valence-corrected chi connectivity index (χ3v) is 6.78. The van der Waals surface area contributed by atoms with Crippen molar-refractivity contribution >= 4 is 6.21 Å². The summed E-state index contributed by atoms with van der Waals surface area (Å²) in [5.41, 5.74) is 11.9. The fourth-order valence-corrected chi connectivity index (χ4v) is 5.23. The summed E-state index contributed by atoms with van der Waals surface area (Å²) >= 11 is 0. The van der Waals surface area contributed by atoms with Crippen molar-refractivity contribution in [1.29, 1.82) is 0 Å². The van der Waals surface area contributed by atoms with Crippen LogP contribution in [0.25, 0.3) is 0 Å². The van der Waals surface area contributed by atoms with Crippen LogP contribution in [0.4, 0.5) is 0 Å². The lowest BCUT2D eigenvalue weighted by atomic mass is 9.58. The second kappa shape index (κ2) is 8.87. The van der Waals surface area contributed by atoms with E-state index in [1.165, 1.54) is 18.4 Å². The van der Waals surface area contributed by atoms with Crippen molar-refractivity contribution in [1.82, 2.24) is 0 Å². The van der Waals surface area contributed by atoms with Gasteiger partial charge in [0.2, 0.25) is 0 Å². The van der Waals surface area contributed by atoms with Gasteiger partial charge in [0.1, 0.15) is 19.8 Å². The Hall–Kier alpha value is -1.89. The number of allylic oxidation sites excluding steroid dienone is 8. The minimum atomic E-state index is 0.0160. The van der Waals surface area contributed by atoms with Crippen LogP contribution in [0, 0.1) is 29.6 Å². The molecule has 0 bridgehead atoms. The first-order valence-corrected chi connectivity index (χ1v) is 10.4. The number of hydrogen-bond acceptors (Lipinski definition) is 1. The van der Waals surface area contributed by atoms with Crippen LogP contribution in [-0.4, -0.2) is 30.4 Å². The van der Waals surface area contributed by atoms with E-state index in [0.717, 1.165) is 24.8 Å². The van der Waals surface area contributed by atoms with E-state index in [1.807, 2.05) is 6.08 Å². The first-order valence-electron chi connectivity index (χ1n) is 10.4. The lowest BCUT2D eigenvalue weighted by Gasteiger charge is -2.46. The molecule has 0 aromatic carbocycles. The van der Waals surface area contributed by atoms with Gasteiger partial charge in [-0.15, -0.1) is 5.73 Å². The van der Waals surface area contributed by atoms with E-state index in [9.17, 15) is 0 Å². The van der Waals surface area contributed by atoms with E-state index in [-0.39, 0.29) is 6.04 Å². The van der Waals surface area contributed by atoms with E-state index < -0.39 is 0 Å². The summed E-state index contributed by atoms with van der Waals surface area (Å²) in [6.07, 6.45) is 21.4. The average molecular weight is 364 g/mol. The summed E-state index contributed by atoms with van der Waals surface area (Å²) in [4.78, 5) is 0. The van der Waals surface area contributed by atoms with Crippen LogP contribution in [0.3, 0.4) is 0 Å². The SMILES string of the molecule is C=C=CC(N)CC=[N+](C)CCC1CC2=CC=CC3=CC=CC(C)C(C32)C1C. The largest absolute Gasteiger partial charge is 0.323 e. The zero-order valence-corrected chi connectivity index (χ0v) is 17.1. The Morgan fingerprint density at radius 2 is 2.15 bits per heavy atom. The molecule has 3 rings (SSSR count). The molecule has 2 heteroatoms. The average Bonchev–Trinajstić information content (AvgIpc) is 2.81. The van der Waals surface area contributed by atoms with Crippen molar-refractivity contribution in [3.8, 4) is 0 Å². The van der Waals surface area contributed by atoms with E-state index in [2.05, 4.69) is 80.5 Å². The zero-order valence-electron chi connectivity index (χ0n) is 17.1. The van der Waals surface area contributed by atoms with Crippen molar-refractivity contribution in [3.63, 3.8) is 0 Å². The molecule has 0 amide bonds. The van der Waals surface area contributed by atoms with Crippen molar-refractivity contribution in [2.75, 3.05) is 13.6 Å². The van der Waals surface area contributed by atoms with Gasteiger partial charge in [0.05, 0.1) is 0 Å². The summed E-state index contributed by atoms with van der Waals surface area (Å²) < 4.78 is 2.31. The molecule has 2 nitrogen and oxygen atoms in total. The van der Waals surface area contributed by atoms with E-state index >= 15 is 0 Å². The second-order valence-electron chi connectivity index (χ2n) is 8.61. The molecular formula is C25H35N2+. The molecule has 6 atom stereocenters. The third-order valence-electron chi connectivity index (χ3n) is 6.78. The van der Waals surface area contributed by atoms with E-state index in [4.69, 9.17) is 5.73 Å². The lowest BCUT2D eigenvalue weighted by Crippen LogP contribution is -2.39. The Labute approximate surface area is 165 Å². The van der Waals surface area contributed by atoms with Gasteiger partial charge >= 0.3 is 0 Å². The van der Waals surface area contributed by atoms with Crippen LogP contribution >= 0.6 is 0 Å². The monoisotopic (exact) mass is 363 g/mol. The highest BCUT2D eigenvalue weighted by molar-refractivity contribution is 5.52. The van der Waals surface area contributed by atoms with Crippen molar-refractivity contribution in [2.45, 2.75) is 39.2 Å². The van der Waals surface area contributed by atoms with Gasteiger partial charge in [0.15, 0.2) is 0 Å². The summed E-state index contributed by atoms with van der Waals surface area (Å²) in [5, 5.41) is 0.